The number of fused-ring (bicyclic) bond motifs is 5. The highest BCUT2D eigenvalue weighted by molar-refractivity contribution is 7.87. The lowest BCUT2D eigenvalue weighted by Gasteiger charge is -2.36. The molecule has 2 aliphatic carbocycles. The van der Waals surface area contributed by atoms with E-state index in [0.717, 1.165) is 29.8 Å². The number of hydrogen-bond donors (Lipinski definition) is 0. The summed E-state index contributed by atoms with van der Waals surface area (Å²) in [6.07, 6.45) is 0. The maximum Gasteiger partial charge on any atom is 0.339 e. The van der Waals surface area contributed by atoms with Crippen LogP contribution >= 0.6 is 69.6 Å². The second-order valence-corrected chi connectivity index (χ2v) is 16.4. The average Bonchev–Trinajstić information content (AvgIpc) is 3.46. The Morgan fingerprint density at radius 3 is 1.80 bits per heavy atom. The number of nitro benzene ring substituents is 1. The van der Waals surface area contributed by atoms with Crippen LogP contribution in [0.5, 0.6) is 5.75 Å². The Labute approximate surface area is 313 Å². The lowest BCUT2D eigenvalue weighted by molar-refractivity contribution is -0.384. The van der Waals surface area contributed by atoms with Crippen LogP contribution in [-0.4, -0.2) is 67.5 Å². The molecule has 12 nitrogen and oxygen atoms in total. The summed E-state index contributed by atoms with van der Waals surface area (Å²) in [7, 11) is -4.22. The van der Waals surface area contributed by atoms with Crippen LogP contribution in [0.2, 0.25) is 0 Å². The van der Waals surface area contributed by atoms with E-state index in [9.17, 15) is 37.7 Å². The zero-order chi connectivity index (χ0) is 36.7. The predicted octanol–water partition coefficient (Wildman–Crippen LogP) is 6.36. The molecule has 0 aromatic heterocycles. The summed E-state index contributed by atoms with van der Waals surface area (Å²) in [5, 5.41) is 11.4. The van der Waals surface area contributed by atoms with Gasteiger partial charge in [0.25, 0.3) is 23.4 Å². The molecule has 19 heteroatoms. The molecule has 2 bridgehead atoms. The van der Waals surface area contributed by atoms with Crippen molar-refractivity contribution in [2.75, 3.05) is 6.54 Å². The lowest BCUT2D eigenvalue weighted by Crippen LogP contribution is -2.56. The Morgan fingerprint density at radius 1 is 0.840 bits per heavy atom. The first-order valence-electron chi connectivity index (χ1n) is 14.2. The van der Waals surface area contributed by atoms with Gasteiger partial charge in [0, 0.05) is 23.3 Å². The van der Waals surface area contributed by atoms with Crippen LogP contribution in [0.4, 0.5) is 5.69 Å². The van der Waals surface area contributed by atoms with Crippen molar-refractivity contribution in [1.29, 1.82) is 0 Å². The minimum absolute atomic E-state index is 0.0816. The van der Waals surface area contributed by atoms with Gasteiger partial charge in [-0.1, -0.05) is 64.1 Å². The number of carbonyl (C=O) groups is 4. The number of hydrogen-bond acceptors (Lipinski definition) is 9. The number of nitrogens with zero attached hydrogens (tertiary/aromatic N) is 3. The summed E-state index contributed by atoms with van der Waals surface area (Å²) >= 11 is 39.5. The van der Waals surface area contributed by atoms with Gasteiger partial charge in [0.05, 0.1) is 26.8 Å². The molecule has 1 heterocycles. The highest BCUT2D eigenvalue weighted by Crippen LogP contribution is 2.77. The van der Waals surface area contributed by atoms with E-state index in [0.29, 0.717) is 10.0 Å². The van der Waals surface area contributed by atoms with E-state index in [1.165, 1.54) is 36.4 Å². The molecule has 0 spiro atoms. The quantitative estimate of drug-likeness (QED) is 0.0598. The molecule has 3 aliphatic rings. The average molecular weight is 822 g/mol. The molecule has 0 unspecified atom stereocenters. The number of nitro groups is 1. The molecule has 3 aromatic rings. The number of aryl methyl sites for hydroxylation is 1. The maximum absolute atomic E-state index is 14.1. The number of ketones is 1. The highest BCUT2D eigenvalue weighted by atomic mass is 35.5. The summed E-state index contributed by atoms with van der Waals surface area (Å²) in [6.45, 7) is 0.842. The molecular formula is C31H19Cl6N3O9S. The number of non-ortho nitro benzene ring substituents is 1. The van der Waals surface area contributed by atoms with Gasteiger partial charge in [-0.25, -0.2) is 5.01 Å². The lowest BCUT2D eigenvalue weighted by atomic mass is 9.84. The van der Waals surface area contributed by atoms with Crippen LogP contribution in [0, 0.1) is 28.9 Å². The Bertz CT molecular complexity index is 2100. The third-order valence-corrected chi connectivity index (χ3v) is 14.2. The zero-order valence-electron chi connectivity index (χ0n) is 25.0. The fourth-order valence-corrected chi connectivity index (χ4v) is 9.99. The van der Waals surface area contributed by atoms with Crippen LogP contribution in [-0.2, 0) is 19.7 Å². The maximum atomic E-state index is 14.1. The van der Waals surface area contributed by atoms with Crippen LogP contribution in [0.25, 0.3) is 0 Å². The van der Waals surface area contributed by atoms with Crippen molar-refractivity contribution in [1.82, 2.24) is 10.0 Å². The number of benzene rings is 3. The smallest absolute Gasteiger partial charge is 0.339 e. The van der Waals surface area contributed by atoms with Gasteiger partial charge < -0.3 is 4.18 Å². The van der Waals surface area contributed by atoms with Gasteiger partial charge >= 0.3 is 10.1 Å². The minimum Gasteiger partial charge on any atom is -0.379 e. The molecule has 0 radical (unpaired) electrons. The fraction of sp³-hybridized carbons (Fsp3) is 0.226. The van der Waals surface area contributed by atoms with Gasteiger partial charge in [-0.05, 0) is 55.5 Å². The zero-order valence-corrected chi connectivity index (χ0v) is 30.3. The molecule has 4 atom stereocenters. The Morgan fingerprint density at radius 2 is 1.32 bits per heavy atom. The van der Waals surface area contributed by atoms with Crippen LogP contribution in [0.15, 0.2) is 87.8 Å². The first-order chi connectivity index (χ1) is 23.3. The molecule has 50 heavy (non-hydrogen) atoms. The third-order valence-electron chi connectivity index (χ3n) is 8.67. The summed E-state index contributed by atoms with van der Waals surface area (Å²) in [6, 6.07) is 14.9. The standard InChI is InChI=1S/C31H19Cl6N3O9S/c1-15-2-12-20(13-3-15)50(47,48)49-19-10-6-16(7-11-19)21(41)14-38(26(42)17-4-8-18(9-5-17)40(45)46)39-27(43)22-23(28(39)44)30(35)25(33)24(32)29(22,34)31(30,36)37/h2-13,22-23H,14H2,1H3/t22-,23+,29-,30-/m1/s1. The fourth-order valence-electron chi connectivity index (χ4n) is 6.13. The van der Waals surface area contributed by atoms with Crippen molar-refractivity contribution in [3.05, 3.63) is 110 Å². The SMILES string of the molecule is Cc1ccc(S(=O)(=O)Oc2ccc(C(=O)CN(C(=O)c3ccc([N+](=O)[O-])cc3)N3C(=O)[C@@H]4[C@H](C3=O)[C@@]3(Cl)C(Cl)=C(Cl)[C@@]4(Cl)C3(Cl)Cl)cc2)cc1. The second-order valence-electron chi connectivity index (χ2n) is 11.5. The van der Waals surface area contributed by atoms with Crippen LogP contribution in [0.3, 0.4) is 0 Å². The molecule has 3 amide bonds. The molecule has 3 aromatic carbocycles. The van der Waals surface area contributed by atoms with Crippen molar-refractivity contribution in [3.8, 4) is 5.75 Å². The minimum atomic E-state index is -4.22. The number of imide groups is 1. The van der Waals surface area contributed by atoms with Gasteiger partial charge in [-0.2, -0.15) is 13.4 Å². The number of amides is 3. The van der Waals surface area contributed by atoms with Gasteiger partial charge in [0.2, 0.25) is 0 Å². The second kappa shape index (κ2) is 12.4. The molecule has 1 saturated heterocycles. The summed E-state index contributed by atoms with van der Waals surface area (Å²) in [4.78, 5) is 61.7. The van der Waals surface area contributed by atoms with Crippen molar-refractivity contribution >= 4 is 109 Å². The molecule has 1 saturated carbocycles. The predicted molar refractivity (Wildman–Crippen MR) is 183 cm³/mol. The van der Waals surface area contributed by atoms with Gasteiger partial charge in [0.1, 0.15) is 26.9 Å². The van der Waals surface area contributed by atoms with Crippen molar-refractivity contribution in [2.45, 2.75) is 25.9 Å². The first kappa shape index (κ1) is 36.4. The van der Waals surface area contributed by atoms with E-state index in [2.05, 4.69) is 0 Å². The van der Waals surface area contributed by atoms with Gasteiger partial charge in [-0.15, -0.1) is 23.2 Å². The van der Waals surface area contributed by atoms with E-state index < -0.39 is 71.0 Å². The molecule has 260 valence electrons. The number of halogens is 6. The van der Waals surface area contributed by atoms with Gasteiger partial charge in [-0.3, -0.25) is 29.3 Å². The Hall–Kier alpha value is -3.43. The topological polar surface area (TPSA) is 161 Å². The number of carbonyl (C=O) groups excluding carboxylic acids is 4. The Balaban J connectivity index is 1.33. The molecule has 1 aliphatic heterocycles. The van der Waals surface area contributed by atoms with Gasteiger partial charge in [0.15, 0.2) is 10.1 Å². The normalized spacial score (nSPS) is 25.1. The molecular weight excluding hydrogens is 803 g/mol. The number of alkyl halides is 4. The van der Waals surface area contributed by atoms with Crippen molar-refractivity contribution < 1.29 is 36.7 Å². The van der Waals surface area contributed by atoms with Crippen LogP contribution < -0.4 is 4.18 Å². The van der Waals surface area contributed by atoms with E-state index >= 15 is 0 Å². The van der Waals surface area contributed by atoms with Crippen LogP contribution in [0.1, 0.15) is 26.3 Å². The largest absolute Gasteiger partial charge is 0.379 e. The summed E-state index contributed by atoms with van der Waals surface area (Å²) in [5.41, 5.74) is 0.148. The molecule has 0 N–H and O–H groups in total. The number of hydrazine groups is 1. The number of Topliss-reactive ketones (excluding diaryl/α,β-unsaturated/α-hetero) is 1. The summed E-state index contributed by atoms with van der Waals surface area (Å²) in [5.74, 6) is -7.57. The first-order valence-corrected chi connectivity index (χ1v) is 17.9. The number of allylic oxidation sites excluding steroid dienone is 2. The monoisotopic (exact) mass is 819 g/mol. The Kier molecular flexibility index (Phi) is 8.99. The van der Waals surface area contributed by atoms with Crippen molar-refractivity contribution in [2.24, 2.45) is 11.8 Å². The summed E-state index contributed by atoms with van der Waals surface area (Å²) < 4.78 is 28.4. The van der Waals surface area contributed by atoms with E-state index in [4.69, 9.17) is 73.8 Å². The third kappa shape index (κ3) is 5.20. The van der Waals surface area contributed by atoms with E-state index in [1.807, 2.05) is 0 Å². The highest BCUT2D eigenvalue weighted by Gasteiger charge is 2.88. The number of rotatable bonds is 9. The molecule has 2 fully saturated rings. The molecule has 6 rings (SSSR count). The van der Waals surface area contributed by atoms with Crippen molar-refractivity contribution in [3.63, 3.8) is 0 Å². The van der Waals surface area contributed by atoms with E-state index in [1.54, 1.807) is 19.1 Å². The van der Waals surface area contributed by atoms with E-state index in [-0.39, 0.29) is 37.5 Å².